The molecular formula is C19H27NO7. The van der Waals surface area contributed by atoms with Gasteiger partial charge in [0, 0.05) is 25.2 Å². The first kappa shape index (κ1) is 20.8. The van der Waals surface area contributed by atoms with Gasteiger partial charge >= 0.3 is 5.97 Å². The van der Waals surface area contributed by atoms with Crippen LogP contribution in [0.2, 0.25) is 0 Å². The van der Waals surface area contributed by atoms with Crippen LogP contribution in [0.3, 0.4) is 0 Å². The molecule has 0 aliphatic carbocycles. The molecule has 8 nitrogen and oxygen atoms in total. The van der Waals surface area contributed by atoms with Gasteiger partial charge in [-0.2, -0.15) is 0 Å². The number of carbonyl (C=O) groups is 2. The zero-order valence-corrected chi connectivity index (χ0v) is 16.2. The summed E-state index contributed by atoms with van der Waals surface area (Å²) in [5, 5.41) is 20.2. The summed E-state index contributed by atoms with van der Waals surface area (Å²) in [5.41, 5.74) is -0.951. The molecule has 1 aromatic rings. The maximum absolute atomic E-state index is 13.0. The number of nitrogens with zero attached hydrogens (tertiary/aromatic N) is 1. The first-order valence-electron chi connectivity index (χ1n) is 8.85. The number of aliphatic hydroxyl groups excluding tert-OH is 1. The zero-order chi connectivity index (χ0) is 20.2. The van der Waals surface area contributed by atoms with E-state index in [1.807, 2.05) is 6.92 Å². The quantitative estimate of drug-likeness (QED) is 0.742. The number of piperidine rings is 1. The highest BCUT2D eigenvalue weighted by Gasteiger charge is 2.48. The van der Waals surface area contributed by atoms with Crippen LogP contribution in [0.4, 0.5) is 0 Å². The largest absolute Gasteiger partial charge is 0.496 e. The Labute approximate surface area is 158 Å². The average Bonchev–Trinajstić information content (AvgIpc) is 2.67. The third-order valence-electron chi connectivity index (χ3n) is 5.20. The third kappa shape index (κ3) is 3.80. The average molecular weight is 381 g/mol. The summed E-state index contributed by atoms with van der Waals surface area (Å²) >= 11 is 0. The van der Waals surface area contributed by atoms with E-state index < -0.39 is 17.5 Å². The standard InChI is InChI=1S/C19H27NO7/c1-5-6-19(18(23)24)7-8-20(11-16(19)21)17(22)12-9-14(26-3)15(27-4)10-13(12)25-2/h9-10,16,21H,5-8,11H2,1-4H3,(H,23,24)/t16-,19-/m0/s1. The van der Waals surface area contributed by atoms with E-state index in [2.05, 4.69) is 0 Å². The Kier molecular flexibility index (Phi) is 6.54. The number of β-amino-alcohol motifs (C(OH)–C–C–N with tert-alkyl or cyclic N) is 1. The lowest BCUT2D eigenvalue weighted by molar-refractivity contribution is -0.162. The van der Waals surface area contributed by atoms with Crippen LogP contribution in [0.5, 0.6) is 17.2 Å². The molecule has 2 rings (SSSR count). The smallest absolute Gasteiger partial charge is 0.312 e. The molecule has 0 unspecified atom stereocenters. The van der Waals surface area contributed by atoms with Gasteiger partial charge in [-0.15, -0.1) is 0 Å². The minimum absolute atomic E-state index is 0.0529. The van der Waals surface area contributed by atoms with E-state index in [4.69, 9.17) is 14.2 Å². The normalized spacial score (nSPS) is 22.3. The fraction of sp³-hybridized carbons (Fsp3) is 0.579. The van der Waals surface area contributed by atoms with Crippen molar-refractivity contribution < 1.29 is 34.0 Å². The first-order chi connectivity index (χ1) is 12.8. The Morgan fingerprint density at radius 1 is 1.15 bits per heavy atom. The van der Waals surface area contributed by atoms with Crippen LogP contribution in [-0.2, 0) is 4.79 Å². The van der Waals surface area contributed by atoms with E-state index in [9.17, 15) is 19.8 Å². The van der Waals surface area contributed by atoms with Gasteiger partial charge in [-0.1, -0.05) is 13.3 Å². The first-order valence-corrected chi connectivity index (χ1v) is 8.85. The van der Waals surface area contributed by atoms with E-state index in [1.54, 1.807) is 6.07 Å². The molecule has 0 spiro atoms. The summed E-state index contributed by atoms with van der Waals surface area (Å²) < 4.78 is 15.8. The number of likely N-dealkylation sites (tertiary alicyclic amines) is 1. The fourth-order valence-corrected chi connectivity index (χ4v) is 3.62. The van der Waals surface area contributed by atoms with Crippen molar-refractivity contribution in [2.45, 2.75) is 32.3 Å². The molecule has 27 heavy (non-hydrogen) atoms. The molecule has 8 heteroatoms. The summed E-state index contributed by atoms with van der Waals surface area (Å²) in [4.78, 5) is 26.2. The van der Waals surface area contributed by atoms with E-state index in [0.717, 1.165) is 0 Å². The van der Waals surface area contributed by atoms with E-state index >= 15 is 0 Å². The molecule has 150 valence electrons. The molecule has 2 N–H and O–H groups in total. The van der Waals surface area contributed by atoms with Crippen molar-refractivity contribution in [1.29, 1.82) is 0 Å². The second-order valence-corrected chi connectivity index (χ2v) is 6.64. The molecule has 1 saturated heterocycles. The molecule has 1 aliphatic heterocycles. The van der Waals surface area contributed by atoms with Crippen molar-refractivity contribution in [3.8, 4) is 17.2 Å². The predicted molar refractivity (Wildman–Crippen MR) is 97.6 cm³/mol. The second-order valence-electron chi connectivity index (χ2n) is 6.64. The number of carbonyl (C=O) groups excluding carboxylic acids is 1. The monoisotopic (exact) mass is 381 g/mol. The SMILES string of the molecule is CCC[C@]1(C(=O)O)CCN(C(=O)c2cc(OC)c(OC)cc2OC)C[C@@H]1O. The van der Waals surface area contributed by atoms with Gasteiger partial charge < -0.3 is 29.3 Å². The van der Waals surface area contributed by atoms with Crippen LogP contribution >= 0.6 is 0 Å². The molecular weight excluding hydrogens is 354 g/mol. The summed E-state index contributed by atoms with van der Waals surface area (Å²) in [6, 6.07) is 3.09. The molecule has 1 amide bonds. The molecule has 0 bridgehead atoms. The molecule has 1 fully saturated rings. The number of carboxylic acids is 1. The van der Waals surface area contributed by atoms with Crippen LogP contribution in [0.1, 0.15) is 36.5 Å². The number of methoxy groups -OCH3 is 3. The maximum atomic E-state index is 13.0. The van der Waals surface area contributed by atoms with Gasteiger partial charge in [-0.3, -0.25) is 9.59 Å². The van der Waals surface area contributed by atoms with Gasteiger partial charge in [0.15, 0.2) is 11.5 Å². The van der Waals surface area contributed by atoms with E-state index in [1.165, 1.54) is 32.3 Å². The van der Waals surface area contributed by atoms with Gasteiger partial charge in [0.1, 0.15) is 5.75 Å². The van der Waals surface area contributed by atoms with Crippen molar-refractivity contribution in [2.24, 2.45) is 5.41 Å². The van der Waals surface area contributed by atoms with Gasteiger partial charge in [0.2, 0.25) is 0 Å². The maximum Gasteiger partial charge on any atom is 0.312 e. The zero-order valence-electron chi connectivity index (χ0n) is 16.2. The van der Waals surface area contributed by atoms with Crippen LogP contribution in [0.15, 0.2) is 12.1 Å². The van der Waals surface area contributed by atoms with Crippen molar-refractivity contribution >= 4 is 11.9 Å². The lowest BCUT2D eigenvalue weighted by atomic mass is 9.72. The molecule has 0 radical (unpaired) electrons. The van der Waals surface area contributed by atoms with Gasteiger partial charge in [-0.25, -0.2) is 0 Å². The number of ether oxygens (including phenoxy) is 3. The lowest BCUT2D eigenvalue weighted by Gasteiger charge is -2.42. The number of aliphatic hydroxyl groups is 1. The van der Waals surface area contributed by atoms with Crippen LogP contribution < -0.4 is 14.2 Å². The predicted octanol–water partition coefficient (Wildman–Crippen LogP) is 1.79. The number of carboxylic acid groups (broad SMARTS) is 1. The van der Waals surface area contributed by atoms with Crippen LogP contribution in [0, 0.1) is 5.41 Å². The van der Waals surface area contributed by atoms with Crippen molar-refractivity contribution in [3.63, 3.8) is 0 Å². The highest BCUT2D eigenvalue weighted by Crippen LogP contribution is 2.39. The summed E-state index contributed by atoms with van der Waals surface area (Å²) in [6.45, 7) is 2.06. The van der Waals surface area contributed by atoms with E-state index in [0.29, 0.717) is 30.1 Å². The molecule has 1 aliphatic rings. The molecule has 0 saturated carbocycles. The van der Waals surface area contributed by atoms with Gasteiger partial charge in [-0.05, 0) is 12.8 Å². The van der Waals surface area contributed by atoms with Crippen LogP contribution in [0.25, 0.3) is 0 Å². The Morgan fingerprint density at radius 2 is 1.74 bits per heavy atom. The number of aliphatic carboxylic acids is 1. The van der Waals surface area contributed by atoms with Gasteiger partial charge in [0.25, 0.3) is 5.91 Å². The molecule has 1 heterocycles. The highest BCUT2D eigenvalue weighted by molar-refractivity contribution is 5.98. The Morgan fingerprint density at radius 3 is 2.22 bits per heavy atom. The third-order valence-corrected chi connectivity index (χ3v) is 5.20. The van der Waals surface area contributed by atoms with Crippen molar-refractivity contribution in [2.75, 3.05) is 34.4 Å². The lowest BCUT2D eigenvalue weighted by Crippen LogP contribution is -2.56. The van der Waals surface area contributed by atoms with Crippen LogP contribution in [-0.4, -0.2) is 67.5 Å². The molecule has 2 atom stereocenters. The van der Waals surface area contributed by atoms with Gasteiger partial charge in [0.05, 0.1) is 38.4 Å². The summed E-state index contributed by atoms with van der Waals surface area (Å²) in [6.07, 6.45) is 0.0591. The Balaban J connectivity index is 2.31. The Bertz CT molecular complexity index is 706. The number of hydrogen-bond donors (Lipinski definition) is 2. The van der Waals surface area contributed by atoms with Crippen molar-refractivity contribution in [3.05, 3.63) is 17.7 Å². The summed E-state index contributed by atoms with van der Waals surface area (Å²) in [5.74, 6) is -0.256. The highest BCUT2D eigenvalue weighted by atomic mass is 16.5. The Hall–Kier alpha value is -2.48. The molecule has 1 aromatic carbocycles. The number of benzene rings is 1. The minimum Gasteiger partial charge on any atom is -0.496 e. The number of amides is 1. The number of hydrogen-bond acceptors (Lipinski definition) is 6. The summed E-state index contributed by atoms with van der Waals surface area (Å²) in [7, 11) is 4.40. The second kappa shape index (κ2) is 8.47. The topological polar surface area (TPSA) is 106 Å². The van der Waals surface area contributed by atoms with Crippen molar-refractivity contribution in [1.82, 2.24) is 4.90 Å². The minimum atomic E-state index is -1.22. The number of rotatable bonds is 7. The van der Waals surface area contributed by atoms with E-state index in [-0.39, 0.29) is 31.0 Å². The molecule has 0 aromatic heterocycles. The fourth-order valence-electron chi connectivity index (χ4n) is 3.62.